The molecular weight excluding hydrogens is 400 g/mol. The van der Waals surface area contributed by atoms with E-state index < -0.39 is 0 Å². The van der Waals surface area contributed by atoms with E-state index in [9.17, 15) is 4.79 Å². The Morgan fingerprint density at radius 2 is 1.93 bits per heavy atom. The zero-order valence-corrected chi connectivity index (χ0v) is 18.4. The van der Waals surface area contributed by atoms with Gasteiger partial charge in [-0.1, -0.05) is 36.9 Å². The van der Waals surface area contributed by atoms with E-state index >= 15 is 0 Å². The molecule has 0 aliphatic carbocycles. The monoisotopic (exact) mass is 426 g/mol. The Labute approximate surface area is 180 Å². The third-order valence-electron chi connectivity index (χ3n) is 4.56. The molecule has 1 heterocycles. The van der Waals surface area contributed by atoms with Crippen LogP contribution in [0, 0.1) is 0 Å². The predicted molar refractivity (Wildman–Crippen MR) is 118 cm³/mol. The smallest absolute Gasteiger partial charge is 0.234 e. The maximum atomic E-state index is 12.3. The quantitative estimate of drug-likeness (QED) is 0.515. The molecule has 0 spiro atoms. The maximum Gasteiger partial charge on any atom is 0.234 e. The number of rotatable bonds is 9. The van der Waals surface area contributed by atoms with Crippen LogP contribution in [0.4, 0.5) is 5.69 Å². The van der Waals surface area contributed by atoms with E-state index in [0.717, 1.165) is 12.2 Å². The van der Waals surface area contributed by atoms with Crippen LogP contribution in [0.3, 0.4) is 0 Å². The molecule has 3 aromatic rings. The summed E-state index contributed by atoms with van der Waals surface area (Å²) in [6, 6.07) is 15.3. The first-order valence-electron chi connectivity index (χ1n) is 9.71. The molecule has 1 atom stereocenters. The lowest BCUT2D eigenvalue weighted by molar-refractivity contribution is -0.113. The van der Waals surface area contributed by atoms with E-state index in [0.29, 0.717) is 22.4 Å². The van der Waals surface area contributed by atoms with E-state index in [1.54, 1.807) is 13.2 Å². The molecule has 1 amide bonds. The fourth-order valence-electron chi connectivity index (χ4n) is 2.89. The highest BCUT2D eigenvalue weighted by atomic mass is 32.2. The second-order valence-electron chi connectivity index (χ2n) is 6.73. The molecule has 30 heavy (non-hydrogen) atoms. The average molecular weight is 427 g/mol. The third kappa shape index (κ3) is 5.54. The molecule has 1 aromatic heterocycles. The van der Waals surface area contributed by atoms with E-state index in [1.165, 1.54) is 17.3 Å². The van der Waals surface area contributed by atoms with Crippen LogP contribution in [0.25, 0.3) is 0 Å². The molecule has 0 fully saturated rings. The topological polar surface area (TPSA) is 78.3 Å². The zero-order chi connectivity index (χ0) is 21.5. The van der Waals surface area contributed by atoms with Gasteiger partial charge in [-0.3, -0.25) is 4.79 Å². The Balaban J connectivity index is 1.56. The highest BCUT2D eigenvalue weighted by molar-refractivity contribution is 7.99. The number of amides is 1. The predicted octanol–water partition coefficient (Wildman–Crippen LogP) is 4.26. The van der Waals surface area contributed by atoms with Crippen LogP contribution in [0.1, 0.15) is 31.3 Å². The summed E-state index contributed by atoms with van der Waals surface area (Å²) in [6.45, 7) is 4.05. The number of nitrogens with zero attached hydrogens (tertiary/aromatic N) is 3. The standard InChI is InChI=1S/C22H26N4O3S/c1-5-16-9-11-18(12-10-16)29-15(2)21-24-25-22(26(21)3)30-14-20(27)23-17-7-6-8-19(13-17)28-4/h6-13,15H,5,14H2,1-4H3,(H,23,27). The van der Waals surface area contributed by atoms with Gasteiger partial charge in [0.2, 0.25) is 5.91 Å². The first-order valence-corrected chi connectivity index (χ1v) is 10.7. The summed E-state index contributed by atoms with van der Waals surface area (Å²) in [5.74, 6) is 2.27. The fourth-order valence-corrected chi connectivity index (χ4v) is 3.61. The fraction of sp³-hybridized carbons (Fsp3) is 0.318. The van der Waals surface area contributed by atoms with Crippen molar-refractivity contribution in [2.24, 2.45) is 7.05 Å². The zero-order valence-electron chi connectivity index (χ0n) is 17.6. The van der Waals surface area contributed by atoms with Gasteiger partial charge in [0.25, 0.3) is 0 Å². The number of hydrogen-bond donors (Lipinski definition) is 1. The number of carbonyl (C=O) groups excluding carboxylic acids is 1. The highest BCUT2D eigenvalue weighted by Crippen LogP contribution is 2.24. The molecule has 0 saturated heterocycles. The molecule has 8 heteroatoms. The van der Waals surface area contributed by atoms with Gasteiger partial charge in [-0.15, -0.1) is 10.2 Å². The number of methoxy groups -OCH3 is 1. The van der Waals surface area contributed by atoms with Crippen LogP contribution >= 0.6 is 11.8 Å². The summed E-state index contributed by atoms with van der Waals surface area (Å²) in [5, 5.41) is 12.0. The van der Waals surface area contributed by atoms with Crippen molar-refractivity contribution < 1.29 is 14.3 Å². The van der Waals surface area contributed by atoms with Crippen LogP contribution < -0.4 is 14.8 Å². The first kappa shape index (κ1) is 21.7. The molecule has 0 bridgehead atoms. The second kappa shape index (κ2) is 10.2. The molecule has 3 rings (SSSR count). The van der Waals surface area contributed by atoms with Crippen LogP contribution in [0.5, 0.6) is 11.5 Å². The molecule has 0 saturated carbocycles. The molecule has 1 N–H and O–H groups in total. The molecule has 0 radical (unpaired) electrons. The van der Waals surface area contributed by atoms with Crippen molar-refractivity contribution in [2.45, 2.75) is 31.5 Å². The number of aromatic nitrogens is 3. The van der Waals surface area contributed by atoms with Crippen LogP contribution in [-0.4, -0.2) is 33.5 Å². The van der Waals surface area contributed by atoms with Gasteiger partial charge in [0, 0.05) is 18.8 Å². The van der Waals surface area contributed by atoms with E-state index in [1.807, 2.05) is 48.9 Å². The summed E-state index contributed by atoms with van der Waals surface area (Å²) in [6.07, 6.45) is 0.723. The summed E-state index contributed by atoms with van der Waals surface area (Å²) in [5.41, 5.74) is 1.95. The van der Waals surface area contributed by atoms with Crippen LogP contribution in [-0.2, 0) is 18.3 Å². The minimum atomic E-state index is -0.269. The van der Waals surface area contributed by atoms with Gasteiger partial charge in [0.05, 0.1) is 12.9 Å². The number of anilines is 1. The molecule has 158 valence electrons. The number of hydrogen-bond acceptors (Lipinski definition) is 6. The molecule has 2 aromatic carbocycles. The number of ether oxygens (including phenoxy) is 2. The van der Waals surface area contributed by atoms with Crippen molar-refractivity contribution in [3.63, 3.8) is 0 Å². The Kier molecular flexibility index (Phi) is 7.35. The van der Waals surface area contributed by atoms with Crippen LogP contribution in [0.2, 0.25) is 0 Å². The maximum absolute atomic E-state index is 12.3. The molecule has 0 aliphatic rings. The molecule has 1 unspecified atom stereocenters. The van der Waals surface area contributed by atoms with Crippen molar-refractivity contribution in [3.05, 3.63) is 59.9 Å². The van der Waals surface area contributed by atoms with Crippen molar-refractivity contribution >= 4 is 23.4 Å². The number of nitrogens with one attached hydrogen (secondary N) is 1. The minimum Gasteiger partial charge on any atom is -0.497 e. The highest BCUT2D eigenvalue weighted by Gasteiger charge is 2.18. The van der Waals surface area contributed by atoms with E-state index in [2.05, 4.69) is 34.6 Å². The van der Waals surface area contributed by atoms with Gasteiger partial charge in [0.15, 0.2) is 17.1 Å². The average Bonchev–Trinajstić information content (AvgIpc) is 3.13. The molecule has 7 nitrogen and oxygen atoms in total. The Bertz CT molecular complexity index is 988. The molecule has 0 aliphatic heterocycles. The van der Waals surface area contributed by atoms with Crippen LogP contribution in [0.15, 0.2) is 53.7 Å². The van der Waals surface area contributed by atoms with Gasteiger partial charge in [-0.25, -0.2) is 0 Å². The Morgan fingerprint density at radius 3 is 2.63 bits per heavy atom. The van der Waals surface area contributed by atoms with Gasteiger partial charge < -0.3 is 19.4 Å². The number of thioether (sulfide) groups is 1. The largest absolute Gasteiger partial charge is 0.497 e. The normalized spacial score (nSPS) is 11.7. The SMILES string of the molecule is CCc1ccc(OC(C)c2nnc(SCC(=O)Nc3cccc(OC)c3)n2C)cc1. The number of benzene rings is 2. The van der Waals surface area contributed by atoms with Crippen molar-refractivity contribution in [2.75, 3.05) is 18.2 Å². The third-order valence-corrected chi connectivity index (χ3v) is 5.58. The van der Waals surface area contributed by atoms with Gasteiger partial charge >= 0.3 is 0 Å². The van der Waals surface area contributed by atoms with Crippen molar-refractivity contribution in [3.8, 4) is 11.5 Å². The lowest BCUT2D eigenvalue weighted by Gasteiger charge is -2.14. The lowest BCUT2D eigenvalue weighted by Crippen LogP contribution is -2.15. The van der Waals surface area contributed by atoms with Gasteiger partial charge in [-0.05, 0) is 43.2 Å². The van der Waals surface area contributed by atoms with Crippen molar-refractivity contribution in [1.82, 2.24) is 14.8 Å². The second-order valence-corrected chi connectivity index (χ2v) is 7.67. The van der Waals surface area contributed by atoms with Gasteiger partial charge in [0.1, 0.15) is 11.5 Å². The summed E-state index contributed by atoms with van der Waals surface area (Å²) in [7, 11) is 3.46. The summed E-state index contributed by atoms with van der Waals surface area (Å²) >= 11 is 1.32. The lowest BCUT2D eigenvalue weighted by atomic mass is 10.2. The minimum absolute atomic E-state index is 0.127. The van der Waals surface area contributed by atoms with Crippen molar-refractivity contribution in [1.29, 1.82) is 0 Å². The summed E-state index contributed by atoms with van der Waals surface area (Å²) in [4.78, 5) is 12.3. The molecular formula is C22H26N4O3S. The number of carbonyl (C=O) groups is 1. The Hall–Kier alpha value is -3.00. The summed E-state index contributed by atoms with van der Waals surface area (Å²) < 4.78 is 13.0. The first-order chi connectivity index (χ1) is 14.5. The number of aryl methyl sites for hydroxylation is 1. The van der Waals surface area contributed by atoms with Gasteiger partial charge in [-0.2, -0.15) is 0 Å². The van der Waals surface area contributed by atoms with E-state index in [4.69, 9.17) is 9.47 Å². The van der Waals surface area contributed by atoms with E-state index in [-0.39, 0.29) is 17.8 Å². The Morgan fingerprint density at radius 1 is 1.17 bits per heavy atom.